The van der Waals surface area contributed by atoms with Crippen LogP contribution in [0.3, 0.4) is 0 Å². The summed E-state index contributed by atoms with van der Waals surface area (Å²) in [5.41, 5.74) is 7.74. The van der Waals surface area contributed by atoms with Crippen molar-refractivity contribution in [3.63, 3.8) is 0 Å². The van der Waals surface area contributed by atoms with E-state index in [1.54, 1.807) is 0 Å². The van der Waals surface area contributed by atoms with Crippen molar-refractivity contribution in [3.8, 4) is 0 Å². The molecule has 0 fully saturated rings. The van der Waals surface area contributed by atoms with Gasteiger partial charge in [-0.15, -0.1) is 0 Å². The maximum absolute atomic E-state index is 12.2. The SMILES string of the molecule is CC(C)C(C(=O)Nc1ccc(C(C)(C)C)cc1)C(N)=S. The average Bonchev–Trinajstić information content (AvgIpc) is 2.26. The Morgan fingerprint density at radius 3 is 2.05 bits per heavy atom. The molecule has 3 nitrogen and oxygen atoms in total. The molecule has 0 bridgehead atoms. The predicted octanol–water partition coefficient (Wildman–Crippen LogP) is 3.48. The Balaban J connectivity index is 2.83. The molecule has 1 unspecified atom stereocenters. The van der Waals surface area contributed by atoms with Gasteiger partial charge < -0.3 is 11.1 Å². The van der Waals surface area contributed by atoms with Gasteiger partial charge in [-0.3, -0.25) is 4.79 Å². The van der Waals surface area contributed by atoms with Crippen molar-refractivity contribution in [2.24, 2.45) is 17.6 Å². The van der Waals surface area contributed by atoms with Gasteiger partial charge in [0.05, 0.1) is 10.9 Å². The van der Waals surface area contributed by atoms with Gasteiger partial charge in [-0.05, 0) is 29.0 Å². The predicted molar refractivity (Wildman–Crippen MR) is 88.9 cm³/mol. The summed E-state index contributed by atoms with van der Waals surface area (Å²) < 4.78 is 0. The number of hydrogen-bond donors (Lipinski definition) is 2. The molecule has 3 N–H and O–H groups in total. The minimum Gasteiger partial charge on any atom is -0.393 e. The van der Waals surface area contributed by atoms with Gasteiger partial charge >= 0.3 is 0 Å². The molecule has 4 heteroatoms. The number of nitrogens with two attached hydrogens (primary N) is 1. The van der Waals surface area contributed by atoms with Crippen LogP contribution in [0.5, 0.6) is 0 Å². The minimum absolute atomic E-state index is 0.0846. The van der Waals surface area contributed by atoms with Crippen LogP contribution in [-0.4, -0.2) is 10.9 Å². The summed E-state index contributed by atoms with van der Waals surface area (Å²) >= 11 is 4.97. The smallest absolute Gasteiger partial charge is 0.234 e. The van der Waals surface area contributed by atoms with Crippen LogP contribution in [0.15, 0.2) is 24.3 Å². The van der Waals surface area contributed by atoms with Gasteiger partial charge in [0.25, 0.3) is 0 Å². The normalized spacial score (nSPS) is 13.1. The zero-order valence-electron chi connectivity index (χ0n) is 12.9. The van der Waals surface area contributed by atoms with E-state index >= 15 is 0 Å². The third-order valence-electron chi connectivity index (χ3n) is 3.27. The van der Waals surface area contributed by atoms with E-state index in [2.05, 4.69) is 26.1 Å². The lowest BCUT2D eigenvalue weighted by atomic mass is 9.87. The number of carbonyl (C=O) groups is 1. The largest absolute Gasteiger partial charge is 0.393 e. The van der Waals surface area contributed by atoms with Crippen LogP contribution in [0, 0.1) is 11.8 Å². The van der Waals surface area contributed by atoms with E-state index in [1.807, 2.05) is 38.1 Å². The van der Waals surface area contributed by atoms with Crippen LogP contribution >= 0.6 is 12.2 Å². The summed E-state index contributed by atoms with van der Waals surface area (Å²) in [6.07, 6.45) is 0. The van der Waals surface area contributed by atoms with E-state index in [0.717, 1.165) is 5.69 Å². The summed E-state index contributed by atoms with van der Waals surface area (Å²) in [5, 5.41) is 2.88. The van der Waals surface area contributed by atoms with Gasteiger partial charge in [0, 0.05) is 5.69 Å². The van der Waals surface area contributed by atoms with Gasteiger partial charge in [-0.2, -0.15) is 0 Å². The molecule has 0 aliphatic heterocycles. The molecule has 0 spiro atoms. The Kier molecular flexibility index (Phi) is 5.28. The minimum atomic E-state index is -0.438. The van der Waals surface area contributed by atoms with Crippen molar-refractivity contribution >= 4 is 28.8 Å². The molecule has 1 rings (SSSR count). The lowest BCUT2D eigenvalue weighted by Gasteiger charge is -2.21. The van der Waals surface area contributed by atoms with Crippen molar-refractivity contribution < 1.29 is 4.79 Å². The van der Waals surface area contributed by atoms with Gasteiger partial charge in [0.2, 0.25) is 5.91 Å². The second kappa shape index (κ2) is 6.35. The fourth-order valence-electron chi connectivity index (χ4n) is 2.03. The molecule has 1 aromatic carbocycles. The van der Waals surface area contributed by atoms with E-state index in [1.165, 1.54) is 5.56 Å². The Labute approximate surface area is 126 Å². The molecular formula is C16H24N2OS. The number of amides is 1. The van der Waals surface area contributed by atoms with Gasteiger partial charge in [-0.1, -0.05) is 59.0 Å². The maximum Gasteiger partial charge on any atom is 0.234 e. The Bertz CT molecular complexity index is 486. The molecule has 0 aromatic heterocycles. The molecule has 0 saturated heterocycles. The number of anilines is 1. The topological polar surface area (TPSA) is 55.1 Å². The number of nitrogens with one attached hydrogen (secondary N) is 1. The first kappa shape index (κ1) is 16.6. The van der Waals surface area contributed by atoms with E-state index in [9.17, 15) is 4.79 Å². The highest BCUT2D eigenvalue weighted by atomic mass is 32.1. The molecule has 0 saturated carbocycles. The third-order valence-corrected chi connectivity index (χ3v) is 3.53. The maximum atomic E-state index is 12.2. The van der Waals surface area contributed by atoms with Crippen molar-refractivity contribution in [2.75, 3.05) is 5.32 Å². The lowest BCUT2D eigenvalue weighted by Crippen LogP contribution is -2.36. The Morgan fingerprint density at radius 2 is 1.70 bits per heavy atom. The Hall–Kier alpha value is -1.42. The van der Waals surface area contributed by atoms with Crippen LogP contribution < -0.4 is 11.1 Å². The van der Waals surface area contributed by atoms with E-state index in [-0.39, 0.29) is 22.2 Å². The number of rotatable bonds is 4. The zero-order valence-corrected chi connectivity index (χ0v) is 13.7. The molecule has 1 amide bonds. The van der Waals surface area contributed by atoms with Crippen molar-refractivity contribution in [1.82, 2.24) is 0 Å². The van der Waals surface area contributed by atoms with Crippen molar-refractivity contribution in [2.45, 2.75) is 40.0 Å². The fourth-order valence-corrected chi connectivity index (χ4v) is 2.41. The molecule has 1 atom stereocenters. The molecule has 110 valence electrons. The lowest BCUT2D eigenvalue weighted by molar-refractivity contribution is -0.118. The molecular weight excluding hydrogens is 268 g/mol. The quantitative estimate of drug-likeness (QED) is 0.835. The van der Waals surface area contributed by atoms with Crippen LogP contribution in [0.4, 0.5) is 5.69 Å². The average molecular weight is 292 g/mol. The molecule has 0 heterocycles. The van der Waals surface area contributed by atoms with Gasteiger partial charge in [0.15, 0.2) is 0 Å². The molecule has 0 aliphatic carbocycles. The highest BCUT2D eigenvalue weighted by molar-refractivity contribution is 7.80. The second-order valence-corrected chi connectivity index (χ2v) is 6.91. The summed E-state index contributed by atoms with van der Waals surface area (Å²) in [5.74, 6) is -0.496. The Morgan fingerprint density at radius 1 is 1.20 bits per heavy atom. The summed E-state index contributed by atoms with van der Waals surface area (Å²) in [4.78, 5) is 12.4. The fraction of sp³-hybridized carbons (Fsp3) is 0.500. The highest BCUT2D eigenvalue weighted by Gasteiger charge is 2.25. The van der Waals surface area contributed by atoms with Crippen LogP contribution in [0.1, 0.15) is 40.2 Å². The first-order valence-corrected chi connectivity index (χ1v) is 7.24. The molecule has 20 heavy (non-hydrogen) atoms. The van der Waals surface area contributed by atoms with Crippen LogP contribution in [0.25, 0.3) is 0 Å². The van der Waals surface area contributed by atoms with Crippen molar-refractivity contribution in [1.29, 1.82) is 0 Å². The third kappa shape index (κ3) is 4.30. The number of hydrogen-bond acceptors (Lipinski definition) is 2. The number of carbonyl (C=O) groups excluding carboxylic acids is 1. The van der Waals surface area contributed by atoms with Gasteiger partial charge in [0.1, 0.15) is 0 Å². The standard InChI is InChI=1S/C16H24N2OS/c1-10(2)13(14(17)20)15(19)18-12-8-6-11(7-9-12)16(3,4)5/h6-10,13H,1-5H3,(H2,17,20)(H,18,19). The van der Waals surface area contributed by atoms with E-state index in [4.69, 9.17) is 18.0 Å². The molecule has 0 aliphatic rings. The van der Waals surface area contributed by atoms with Gasteiger partial charge in [-0.25, -0.2) is 0 Å². The first-order chi connectivity index (χ1) is 9.12. The molecule has 0 radical (unpaired) electrons. The van der Waals surface area contributed by atoms with Crippen molar-refractivity contribution in [3.05, 3.63) is 29.8 Å². The highest BCUT2D eigenvalue weighted by Crippen LogP contribution is 2.24. The molecule has 1 aromatic rings. The zero-order chi connectivity index (χ0) is 15.5. The number of benzene rings is 1. The summed E-state index contributed by atoms with van der Waals surface area (Å²) in [7, 11) is 0. The first-order valence-electron chi connectivity index (χ1n) is 6.83. The number of thiocarbonyl (C=S) groups is 1. The van der Waals surface area contributed by atoms with E-state index < -0.39 is 5.92 Å². The van der Waals surface area contributed by atoms with E-state index in [0.29, 0.717) is 0 Å². The summed E-state index contributed by atoms with van der Waals surface area (Å²) in [6.45, 7) is 10.3. The summed E-state index contributed by atoms with van der Waals surface area (Å²) in [6, 6.07) is 7.88. The van der Waals surface area contributed by atoms with Crippen LogP contribution in [0.2, 0.25) is 0 Å². The monoisotopic (exact) mass is 292 g/mol. The second-order valence-electron chi connectivity index (χ2n) is 6.44. The van der Waals surface area contributed by atoms with Crippen LogP contribution in [-0.2, 0) is 10.2 Å².